The van der Waals surface area contributed by atoms with E-state index in [0.29, 0.717) is 11.5 Å². The lowest BCUT2D eigenvalue weighted by Gasteiger charge is -1.95. The van der Waals surface area contributed by atoms with Gasteiger partial charge in [0.05, 0.1) is 19.0 Å². The molecule has 0 aliphatic rings. The van der Waals surface area contributed by atoms with Crippen LogP contribution in [0.1, 0.15) is 5.69 Å². The Balaban J connectivity index is 2.30. The number of ether oxygens (including phenoxy) is 1. The van der Waals surface area contributed by atoms with Crippen LogP contribution in [0.25, 0.3) is 17.5 Å². The molecule has 1 heterocycles. The summed E-state index contributed by atoms with van der Waals surface area (Å²) in [6.45, 7) is 0. The van der Waals surface area contributed by atoms with Crippen molar-refractivity contribution in [2.45, 2.75) is 0 Å². The van der Waals surface area contributed by atoms with Crippen molar-refractivity contribution in [3.8, 4) is 17.5 Å². The molecule has 19 heavy (non-hydrogen) atoms. The molecule has 0 fully saturated rings. The number of nitriles is 1. The molecular formula is C14H11N3O2. The van der Waals surface area contributed by atoms with Crippen molar-refractivity contribution in [2.75, 3.05) is 7.11 Å². The molecule has 1 aromatic heterocycles. The van der Waals surface area contributed by atoms with E-state index in [1.54, 1.807) is 12.3 Å². The molecule has 0 amide bonds. The van der Waals surface area contributed by atoms with Crippen molar-refractivity contribution in [3.05, 3.63) is 47.8 Å². The average Bonchev–Trinajstić information content (AvgIpc) is 2.93. The molecule has 0 radical (unpaired) electrons. The molecule has 0 bridgehead atoms. The lowest BCUT2D eigenvalue weighted by Crippen LogP contribution is -2.02. The van der Waals surface area contributed by atoms with E-state index in [0.717, 1.165) is 5.56 Å². The van der Waals surface area contributed by atoms with Crippen LogP contribution in [-0.4, -0.2) is 23.0 Å². The molecule has 1 aromatic carbocycles. The minimum Gasteiger partial charge on any atom is -0.465 e. The maximum Gasteiger partial charge on any atom is 0.348 e. The van der Waals surface area contributed by atoms with E-state index in [2.05, 4.69) is 14.7 Å². The van der Waals surface area contributed by atoms with Gasteiger partial charge in [-0.3, -0.25) is 0 Å². The Bertz CT molecular complexity index is 651. The molecule has 5 heteroatoms. The maximum absolute atomic E-state index is 11.3. The van der Waals surface area contributed by atoms with E-state index in [-0.39, 0.29) is 5.57 Å². The lowest BCUT2D eigenvalue weighted by molar-refractivity contribution is -0.135. The minimum atomic E-state index is -0.668. The van der Waals surface area contributed by atoms with E-state index in [9.17, 15) is 4.79 Å². The van der Waals surface area contributed by atoms with Crippen LogP contribution in [0.3, 0.4) is 0 Å². The zero-order chi connectivity index (χ0) is 13.7. The van der Waals surface area contributed by atoms with Gasteiger partial charge in [-0.2, -0.15) is 5.26 Å². The summed E-state index contributed by atoms with van der Waals surface area (Å²) in [7, 11) is 1.23. The first-order chi connectivity index (χ1) is 9.24. The number of carbonyl (C=O) groups excluding carboxylic acids is 1. The number of H-pyrrole nitrogens is 1. The van der Waals surface area contributed by atoms with Crippen molar-refractivity contribution in [2.24, 2.45) is 0 Å². The van der Waals surface area contributed by atoms with Crippen LogP contribution in [0.5, 0.6) is 0 Å². The summed E-state index contributed by atoms with van der Waals surface area (Å²) in [4.78, 5) is 18.5. The number of aromatic nitrogens is 2. The van der Waals surface area contributed by atoms with Gasteiger partial charge >= 0.3 is 5.97 Å². The number of aromatic amines is 1. The average molecular weight is 253 g/mol. The number of rotatable bonds is 3. The number of methoxy groups -OCH3 is 1. The molecular weight excluding hydrogens is 242 g/mol. The van der Waals surface area contributed by atoms with Crippen LogP contribution in [0.15, 0.2) is 42.1 Å². The number of nitrogens with zero attached hydrogens (tertiary/aromatic N) is 2. The van der Waals surface area contributed by atoms with E-state index >= 15 is 0 Å². The van der Waals surface area contributed by atoms with Crippen molar-refractivity contribution < 1.29 is 9.53 Å². The summed E-state index contributed by atoms with van der Waals surface area (Å²) in [5.74, 6) is 0.00682. The van der Waals surface area contributed by atoms with Crippen molar-refractivity contribution in [1.82, 2.24) is 9.97 Å². The van der Waals surface area contributed by atoms with E-state index in [1.807, 2.05) is 30.3 Å². The van der Waals surface area contributed by atoms with Crippen LogP contribution in [0.4, 0.5) is 0 Å². The molecule has 1 N–H and O–H groups in total. The number of nitrogens with one attached hydrogen (secondary N) is 1. The van der Waals surface area contributed by atoms with Gasteiger partial charge in [0.25, 0.3) is 0 Å². The first-order valence-corrected chi connectivity index (χ1v) is 5.55. The van der Waals surface area contributed by atoms with Gasteiger partial charge in [-0.25, -0.2) is 9.78 Å². The second kappa shape index (κ2) is 5.65. The molecule has 0 spiro atoms. The minimum absolute atomic E-state index is 0.0780. The number of benzene rings is 1. The summed E-state index contributed by atoms with van der Waals surface area (Å²) >= 11 is 0. The zero-order valence-corrected chi connectivity index (χ0v) is 10.3. The van der Waals surface area contributed by atoms with E-state index < -0.39 is 5.97 Å². The van der Waals surface area contributed by atoms with Crippen LogP contribution in [-0.2, 0) is 9.53 Å². The van der Waals surface area contributed by atoms with Crippen molar-refractivity contribution >= 4 is 12.0 Å². The van der Waals surface area contributed by atoms with E-state index in [4.69, 9.17) is 5.26 Å². The molecule has 0 aliphatic heterocycles. The van der Waals surface area contributed by atoms with Crippen LogP contribution < -0.4 is 0 Å². The number of esters is 1. The third kappa shape index (κ3) is 2.87. The fraction of sp³-hybridized carbons (Fsp3) is 0.0714. The molecule has 5 nitrogen and oxygen atoms in total. The molecule has 0 saturated carbocycles. The fourth-order valence-corrected chi connectivity index (χ4v) is 1.55. The standard InChI is InChI=1S/C14H11N3O2/c1-19-14(18)11(8-15)7-12-9-16-13(17-12)10-5-3-2-4-6-10/h2-7,9H,1H3,(H,16,17)/b11-7+. The quantitative estimate of drug-likeness (QED) is 0.516. The fourth-order valence-electron chi connectivity index (χ4n) is 1.55. The monoisotopic (exact) mass is 253 g/mol. The summed E-state index contributed by atoms with van der Waals surface area (Å²) < 4.78 is 4.50. The molecule has 94 valence electrons. The largest absolute Gasteiger partial charge is 0.465 e. The molecule has 0 unspecified atom stereocenters. The Labute approximate surface area is 110 Å². The third-order valence-electron chi connectivity index (χ3n) is 2.47. The topological polar surface area (TPSA) is 78.8 Å². The Morgan fingerprint density at radius 1 is 1.42 bits per heavy atom. The normalized spacial score (nSPS) is 10.8. The molecule has 0 saturated heterocycles. The van der Waals surface area contributed by atoms with Gasteiger partial charge in [-0.1, -0.05) is 30.3 Å². The second-order valence-corrected chi connectivity index (χ2v) is 3.71. The Kier molecular flexibility index (Phi) is 3.74. The summed E-state index contributed by atoms with van der Waals surface area (Å²) in [6.07, 6.45) is 2.97. The van der Waals surface area contributed by atoms with Gasteiger partial charge in [-0.15, -0.1) is 0 Å². The van der Waals surface area contributed by atoms with Gasteiger partial charge < -0.3 is 9.72 Å². The van der Waals surface area contributed by atoms with Crippen LogP contribution in [0, 0.1) is 11.3 Å². The highest BCUT2D eigenvalue weighted by molar-refractivity contribution is 5.97. The molecule has 2 aromatic rings. The number of imidazole rings is 1. The highest BCUT2D eigenvalue weighted by atomic mass is 16.5. The summed E-state index contributed by atoms with van der Waals surface area (Å²) in [5, 5.41) is 8.86. The van der Waals surface area contributed by atoms with E-state index in [1.165, 1.54) is 13.2 Å². The third-order valence-corrected chi connectivity index (χ3v) is 2.47. The Morgan fingerprint density at radius 3 is 2.79 bits per heavy atom. The molecule has 0 atom stereocenters. The summed E-state index contributed by atoms with van der Waals surface area (Å²) in [6, 6.07) is 11.3. The zero-order valence-electron chi connectivity index (χ0n) is 10.3. The Morgan fingerprint density at radius 2 is 2.16 bits per heavy atom. The summed E-state index contributed by atoms with van der Waals surface area (Å²) in [5.41, 5.74) is 1.42. The second-order valence-electron chi connectivity index (χ2n) is 3.71. The smallest absolute Gasteiger partial charge is 0.348 e. The first-order valence-electron chi connectivity index (χ1n) is 5.55. The Hall–Kier alpha value is -2.87. The van der Waals surface area contributed by atoms with Gasteiger partial charge in [0.1, 0.15) is 17.5 Å². The van der Waals surface area contributed by atoms with Crippen molar-refractivity contribution in [3.63, 3.8) is 0 Å². The predicted molar refractivity (Wildman–Crippen MR) is 69.6 cm³/mol. The number of hydrogen-bond acceptors (Lipinski definition) is 4. The van der Waals surface area contributed by atoms with Gasteiger partial charge in [0.2, 0.25) is 0 Å². The number of hydrogen-bond donors (Lipinski definition) is 1. The van der Waals surface area contributed by atoms with Gasteiger partial charge in [-0.05, 0) is 6.08 Å². The molecule has 0 aliphatic carbocycles. The predicted octanol–water partition coefficient (Wildman–Crippen LogP) is 2.16. The highest BCUT2D eigenvalue weighted by Gasteiger charge is 2.09. The van der Waals surface area contributed by atoms with Crippen molar-refractivity contribution in [1.29, 1.82) is 5.26 Å². The first kappa shape index (κ1) is 12.6. The maximum atomic E-state index is 11.3. The van der Waals surface area contributed by atoms with Crippen LogP contribution >= 0.6 is 0 Å². The number of carbonyl (C=O) groups is 1. The van der Waals surface area contributed by atoms with Crippen LogP contribution in [0.2, 0.25) is 0 Å². The molecule has 2 rings (SSSR count). The van der Waals surface area contributed by atoms with Gasteiger partial charge in [0.15, 0.2) is 0 Å². The van der Waals surface area contributed by atoms with Gasteiger partial charge in [0, 0.05) is 5.56 Å². The lowest BCUT2D eigenvalue weighted by atomic mass is 10.2. The SMILES string of the molecule is COC(=O)/C(C#N)=C/c1cnc(-c2ccccc2)[nH]1. The highest BCUT2D eigenvalue weighted by Crippen LogP contribution is 2.16.